The zero-order valence-corrected chi connectivity index (χ0v) is 12.5. The zero-order chi connectivity index (χ0) is 15.8. The number of nitrogens with zero attached hydrogens (tertiary/aromatic N) is 4. The van der Waals surface area contributed by atoms with Gasteiger partial charge in [-0.05, 0) is 11.3 Å². The summed E-state index contributed by atoms with van der Waals surface area (Å²) in [6.45, 7) is 1.60. The summed E-state index contributed by atoms with van der Waals surface area (Å²) < 4.78 is 25.4. The van der Waals surface area contributed by atoms with Crippen molar-refractivity contribution in [1.82, 2.24) is 20.6 Å². The van der Waals surface area contributed by atoms with Crippen molar-refractivity contribution in [3.63, 3.8) is 0 Å². The molecule has 1 aromatic carbocycles. The number of nitrogens with one attached hydrogen (secondary N) is 1. The number of furan rings is 1. The fourth-order valence-corrected chi connectivity index (χ4v) is 2.82. The Morgan fingerprint density at radius 1 is 1.43 bits per heavy atom. The number of anilines is 1. The Morgan fingerprint density at radius 3 is 3.09 bits per heavy atom. The van der Waals surface area contributed by atoms with Crippen LogP contribution in [0.5, 0.6) is 5.75 Å². The van der Waals surface area contributed by atoms with Crippen molar-refractivity contribution in [1.29, 1.82) is 0 Å². The highest BCUT2D eigenvalue weighted by Gasteiger charge is 2.29. The number of H-pyrrole nitrogens is 1. The van der Waals surface area contributed by atoms with Crippen LogP contribution in [0.2, 0.25) is 5.02 Å². The quantitative estimate of drug-likeness (QED) is 0.792. The third-order valence-electron chi connectivity index (χ3n) is 3.61. The Kier molecular flexibility index (Phi) is 3.38. The van der Waals surface area contributed by atoms with Gasteiger partial charge in [0.05, 0.1) is 35.3 Å². The smallest absolute Gasteiger partial charge is 0.209 e. The molecule has 1 N–H and O–H groups in total. The molecule has 1 aliphatic heterocycles. The predicted octanol–water partition coefficient (Wildman–Crippen LogP) is 2.65. The van der Waals surface area contributed by atoms with Crippen molar-refractivity contribution in [3.8, 4) is 17.1 Å². The third-order valence-corrected chi connectivity index (χ3v) is 3.89. The van der Waals surface area contributed by atoms with Crippen LogP contribution in [0, 0.1) is 5.82 Å². The summed E-state index contributed by atoms with van der Waals surface area (Å²) in [4.78, 5) is 1.98. The van der Waals surface area contributed by atoms with E-state index in [1.165, 1.54) is 6.07 Å². The maximum absolute atomic E-state index is 14.7. The SMILES string of the molecule is Fc1c(Cl)cc2c(c1-c1nn[nH]n1)N(Cc1ccoc1)CCO2. The van der Waals surface area contributed by atoms with Gasteiger partial charge in [0.1, 0.15) is 12.4 Å². The predicted molar refractivity (Wildman–Crippen MR) is 79.8 cm³/mol. The van der Waals surface area contributed by atoms with Crippen LogP contribution in [0.25, 0.3) is 11.4 Å². The van der Waals surface area contributed by atoms with Crippen molar-refractivity contribution in [3.05, 3.63) is 41.1 Å². The van der Waals surface area contributed by atoms with Crippen LogP contribution in [-0.2, 0) is 6.54 Å². The lowest BCUT2D eigenvalue weighted by Crippen LogP contribution is -2.33. The number of hydrogen-bond acceptors (Lipinski definition) is 6. The number of halogens is 2. The number of rotatable bonds is 3. The number of benzene rings is 1. The topological polar surface area (TPSA) is 80.1 Å². The molecule has 2 aromatic heterocycles. The summed E-state index contributed by atoms with van der Waals surface area (Å²) in [7, 11) is 0. The van der Waals surface area contributed by atoms with Gasteiger partial charge in [-0.15, -0.1) is 10.2 Å². The Hall–Kier alpha value is -2.61. The van der Waals surface area contributed by atoms with E-state index in [9.17, 15) is 4.39 Å². The van der Waals surface area contributed by atoms with E-state index in [1.54, 1.807) is 12.5 Å². The molecule has 3 aromatic rings. The molecule has 0 fully saturated rings. The zero-order valence-electron chi connectivity index (χ0n) is 11.8. The van der Waals surface area contributed by atoms with Crippen LogP contribution < -0.4 is 9.64 Å². The molecule has 0 spiro atoms. The molecule has 3 heterocycles. The average Bonchev–Trinajstić information content (AvgIpc) is 3.22. The van der Waals surface area contributed by atoms with Crippen molar-refractivity contribution < 1.29 is 13.5 Å². The standard InChI is InChI=1S/C14H11ClFN5O2/c15-9-5-10-13(11(12(9)16)14-17-19-20-18-14)21(2-4-23-10)6-8-1-3-22-7-8/h1,3,5,7H,2,4,6H2,(H,17,18,19,20). The van der Waals surface area contributed by atoms with Gasteiger partial charge in [-0.2, -0.15) is 5.21 Å². The number of aromatic nitrogens is 4. The average molecular weight is 336 g/mol. The fourth-order valence-electron chi connectivity index (χ4n) is 2.63. The largest absolute Gasteiger partial charge is 0.489 e. The Balaban J connectivity index is 1.87. The van der Waals surface area contributed by atoms with E-state index >= 15 is 0 Å². The van der Waals surface area contributed by atoms with Gasteiger partial charge in [-0.25, -0.2) is 4.39 Å². The van der Waals surface area contributed by atoms with Gasteiger partial charge in [0.2, 0.25) is 5.82 Å². The lowest BCUT2D eigenvalue weighted by Gasteiger charge is -2.32. The van der Waals surface area contributed by atoms with Crippen LogP contribution in [0.4, 0.5) is 10.1 Å². The Labute approximate surface area is 135 Å². The number of ether oxygens (including phenoxy) is 1. The minimum atomic E-state index is -0.602. The molecule has 0 bridgehead atoms. The molecule has 23 heavy (non-hydrogen) atoms. The first-order valence-electron chi connectivity index (χ1n) is 6.88. The number of aromatic amines is 1. The summed E-state index contributed by atoms with van der Waals surface area (Å²) in [5.41, 5.74) is 1.69. The molecule has 0 saturated carbocycles. The number of hydrogen-bond donors (Lipinski definition) is 1. The molecule has 9 heteroatoms. The van der Waals surface area contributed by atoms with E-state index in [4.69, 9.17) is 20.8 Å². The van der Waals surface area contributed by atoms with E-state index in [0.29, 0.717) is 31.1 Å². The summed E-state index contributed by atoms with van der Waals surface area (Å²) in [6.07, 6.45) is 3.24. The normalized spacial score (nSPS) is 13.7. The van der Waals surface area contributed by atoms with E-state index < -0.39 is 5.82 Å². The Morgan fingerprint density at radius 2 is 2.35 bits per heavy atom. The summed E-state index contributed by atoms with van der Waals surface area (Å²) >= 11 is 5.98. The molecular weight excluding hydrogens is 325 g/mol. The number of tetrazole rings is 1. The first-order chi connectivity index (χ1) is 11.2. The van der Waals surface area contributed by atoms with Crippen LogP contribution in [0.3, 0.4) is 0 Å². The second kappa shape index (κ2) is 5.54. The third kappa shape index (κ3) is 2.40. The minimum Gasteiger partial charge on any atom is -0.489 e. The summed E-state index contributed by atoms with van der Waals surface area (Å²) in [6, 6.07) is 3.33. The fraction of sp³-hybridized carbons (Fsp3) is 0.214. The molecule has 0 atom stereocenters. The van der Waals surface area contributed by atoms with Crippen molar-refractivity contribution in [2.45, 2.75) is 6.54 Å². The van der Waals surface area contributed by atoms with Crippen LogP contribution in [0.1, 0.15) is 5.56 Å². The van der Waals surface area contributed by atoms with E-state index in [1.807, 2.05) is 11.0 Å². The Bertz CT molecular complexity index is 822. The highest BCUT2D eigenvalue weighted by atomic mass is 35.5. The van der Waals surface area contributed by atoms with Crippen molar-refractivity contribution >= 4 is 17.3 Å². The van der Waals surface area contributed by atoms with Crippen molar-refractivity contribution in [2.75, 3.05) is 18.1 Å². The van der Waals surface area contributed by atoms with Gasteiger partial charge in [0.15, 0.2) is 5.82 Å². The molecule has 0 aliphatic carbocycles. The van der Waals surface area contributed by atoms with Gasteiger partial charge < -0.3 is 14.1 Å². The summed E-state index contributed by atoms with van der Waals surface area (Å²) in [5.74, 6) is 0.0180. The van der Waals surface area contributed by atoms with Gasteiger partial charge in [-0.1, -0.05) is 11.6 Å². The molecule has 7 nitrogen and oxygen atoms in total. The molecule has 0 unspecified atom stereocenters. The van der Waals surface area contributed by atoms with Crippen LogP contribution in [-0.4, -0.2) is 33.8 Å². The molecule has 0 radical (unpaired) electrons. The molecule has 4 rings (SSSR count). The second-order valence-electron chi connectivity index (χ2n) is 5.03. The summed E-state index contributed by atoms with van der Waals surface area (Å²) in [5, 5.41) is 13.5. The minimum absolute atomic E-state index is 0.0475. The van der Waals surface area contributed by atoms with Crippen LogP contribution in [0.15, 0.2) is 29.1 Å². The highest BCUT2D eigenvalue weighted by Crippen LogP contribution is 2.44. The lowest BCUT2D eigenvalue weighted by molar-refractivity contribution is 0.306. The van der Waals surface area contributed by atoms with E-state index in [0.717, 1.165) is 5.56 Å². The molecule has 1 aliphatic rings. The first kappa shape index (κ1) is 14.0. The second-order valence-corrected chi connectivity index (χ2v) is 5.44. The van der Waals surface area contributed by atoms with Crippen molar-refractivity contribution in [2.24, 2.45) is 0 Å². The molecule has 118 valence electrons. The highest BCUT2D eigenvalue weighted by molar-refractivity contribution is 6.31. The van der Waals surface area contributed by atoms with Gasteiger partial charge in [0.25, 0.3) is 0 Å². The van der Waals surface area contributed by atoms with Gasteiger partial charge in [-0.3, -0.25) is 0 Å². The van der Waals surface area contributed by atoms with E-state index in [2.05, 4.69) is 20.6 Å². The van der Waals surface area contributed by atoms with Gasteiger partial charge in [0, 0.05) is 18.2 Å². The molecule has 0 saturated heterocycles. The monoisotopic (exact) mass is 335 g/mol. The maximum atomic E-state index is 14.7. The first-order valence-corrected chi connectivity index (χ1v) is 7.26. The van der Waals surface area contributed by atoms with Crippen LogP contribution >= 0.6 is 11.6 Å². The molecule has 0 amide bonds. The lowest BCUT2D eigenvalue weighted by atomic mass is 10.1. The number of fused-ring (bicyclic) bond motifs is 1. The van der Waals surface area contributed by atoms with E-state index in [-0.39, 0.29) is 16.4 Å². The molecular formula is C14H11ClFN5O2. The van der Waals surface area contributed by atoms with Gasteiger partial charge >= 0.3 is 0 Å². The maximum Gasteiger partial charge on any atom is 0.209 e.